The molecule has 0 spiro atoms. The zero-order chi connectivity index (χ0) is 17.4. The molecule has 0 amide bonds. The summed E-state index contributed by atoms with van der Waals surface area (Å²) in [5.41, 5.74) is 4.93. The van der Waals surface area contributed by atoms with E-state index in [1.807, 2.05) is 6.07 Å². The molecule has 2 nitrogen and oxygen atoms in total. The minimum absolute atomic E-state index is 0.341. The van der Waals surface area contributed by atoms with Crippen LogP contribution in [0.15, 0.2) is 29.8 Å². The first-order valence-electron chi connectivity index (χ1n) is 10.4. The summed E-state index contributed by atoms with van der Waals surface area (Å²) in [6.45, 7) is 6.90. The van der Waals surface area contributed by atoms with Crippen molar-refractivity contribution in [3.8, 4) is 5.75 Å². The molecule has 0 aromatic heterocycles. The number of likely N-dealkylation sites (tertiary alicyclic amines) is 1. The maximum atomic E-state index is 10.1. The number of benzene rings is 1. The zero-order valence-corrected chi connectivity index (χ0v) is 15.9. The summed E-state index contributed by atoms with van der Waals surface area (Å²) < 4.78 is 0. The van der Waals surface area contributed by atoms with E-state index < -0.39 is 0 Å². The number of allylic oxidation sites excluding steroid dienone is 1. The number of phenols is 1. The smallest absolute Gasteiger partial charge is 0.115 e. The van der Waals surface area contributed by atoms with Gasteiger partial charge in [0.2, 0.25) is 0 Å². The first-order valence-corrected chi connectivity index (χ1v) is 10.4. The van der Waals surface area contributed by atoms with Gasteiger partial charge in [-0.25, -0.2) is 0 Å². The van der Waals surface area contributed by atoms with Crippen LogP contribution in [-0.4, -0.2) is 29.1 Å². The molecule has 1 saturated heterocycles. The van der Waals surface area contributed by atoms with Gasteiger partial charge in [-0.05, 0) is 74.2 Å². The Morgan fingerprint density at radius 3 is 2.88 bits per heavy atom. The summed E-state index contributed by atoms with van der Waals surface area (Å²) in [6, 6.07) is 6.89. The summed E-state index contributed by atoms with van der Waals surface area (Å²) in [6.07, 6.45) is 12.7. The van der Waals surface area contributed by atoms with E-state index in [0.717, 1.165) is 12.5 Å². The fourth-order valence-corrected chi connectivity index (χ4v) is 6.08. The Bertz CT molecular complexity index is 658. The van der Waals surface area contributed by atoms with Crippen LogP contribution in [0.5, 0.6) is 5.75 Å². The summed E-state index contributed by atoms with van der Waals surface area (Å²) in [5.74, 6) is 1.24. The highest BCUT2D eigenvalue weighted by atomic mass is 16.3. The topological polar surface area (TPSA) is 23.5 Å². The standard InChI is InChI=1S/C23H33NO/c1-3-17(4-2)10-13-24-14-12-23-11-6-5-7-20(23)22(24)15-18-8-9-19(25)16-21(18)23/h8-10,16,20,22,25H,3-7,11-15H2,1-2H3/t20-,22-,23+/m0/s1. The molecule has 1 saturated carbocycles. The summed E-state index contributed by atoms with van der Waals surface area (Å²) >= 11 is 0. The molecular weight excluding hydrogens is 306 g/mol. The Hall–Kier alpha value is -1.28. The van der Waals surface area contributed by atoms with Gasteiger partial charge in [-0.15, -0.1) is 0 Å². The van der Waals surface area contributed by atoms with Crippen molar-refractivity contribution < 1.29 is 5.11 Å². The lowest BCUT2D eigenvalue weighted by Crippen LogP contribution is -2.60. The summed E-state index contributed by atoms with van der Waals surface area (Å²) in [7, 11) is 0. The van der Waals surface area contributed by atoms with Crippen molar-refractivity contribution in [2.75, 3.05) is 13.1 Å². The number of nitrogens with zero attached hydrogens (tertiary/aromatic N) is 1. The van der Waals surface area contributed by atoms with Gasteiger partial charge in [0.15, 0.2) is 0 Å². The molecule has 1 aliphatic heterocycles. The maximum absolute atomic E-state index is 10.1. The second-order valence-electron chi connectivity index (χ2n) is 8.44. The first-order chi connectivity index (χ1) is 12.2. The predicted octanol–water partition coefficient (Wildman–Crippen LogP) is 5.20. The van der Waals surface area contributed by atoms with Gasteiger partial charge in [-0.3, -0.25) is 4.90 Å². The summed E-state index contributed by atoms with van der Waals surface area (Å²) in [4.78, 5) is 2.77. The number of rotatable bonds is 4. The fourth-order valence-electron chi connectivity index (χ4n) is 6.08. The van der Waals surface area contributed by atoms with Crippen molar-refractivity contribution in [3.05, 3.63) is 41.0 Å². The molecule has 3 atom stereocenters. The molecule has 0 unspecified atom stereocenters. The number of hydrogen-bond acceptors (Lipinski definition) is 2. The lowest BCUT2D eigenvalue weighted by atomic mass is 9.52. The van der Waals surface area contributed by atoms with Crippen LogP contribution in [0.25, 0.3) is 0 Å². The highest BCUT2D eigenvalue weighted by molar-refractivity contribution is 5.45. The van der Waals surface area contributed by atoms with Gasteiger partial charge in [0, 0.05) is 18.0 Å². The highest BCUT2D eigenvalue weighted by Crippen LogP contribution is 2.56. The average molecular weight is 340 g/mol. The quantitative estimate of drug-likeness (QED) is 0.762. The molecule has 1 aromatic carbocycles. The van der Waals surface area contributed by atoms with Gasteiger partial charge in [0.25, 0.3) is 0 Å². The average Bonchev–Trinajstić information content (AvgIpc) is 2.64. The molecule has 1 heterocycles. The van der Waals surface area contributed by atoms with Crippen molar-refractivity contribution in [1.29, 1.82) is 0 Å². The summed E-state index contributed by atoms with van der Waals surface area (Å²) in [5, 5.41) is 10.1. The van der Waals surface area contributed by atoms with Gasteiger partial charge in [-0.2, -0.15) is 0 Å². The van der Waals surface area contributed by atoms with Crippen LogP contribution >= 0.6 is 0 Å². The fraction of sp³-hybridized carbons (Fsp3) is 0.652. The number of phenolic OH excluding ortho intramolecular Hbond substituents is 1. The Labute approximate surface area is 152 Å². The molecule has 1 aromatic rings. The van der Waals surface area contributed by atoms with Crippen molar-refractivity contribution in [2.24, 2.45) is 5.92 Å². The van der Waals surface area contributed by atoms with Crippen molar-refractivity contribution in [3.63, 3.8) is 0 Å². The van der Waals surface area contributed by atoms with E-state index in [2.05, 4.69) is 37.0 Å². The lowest BCUT2D eigenvalue weighted by molar-refractivity contribution is -0.00531. The van der Waals surface area contributed by atoms with Crippen LogP contribution in [0.2, 0.25) is 0 Å². The van der Waals surface area contributed by atoms with E-state index in [1.165, 1.54) is 69.0 Å². The van der Waals surface area contributed by atoms with E-state index in [-0.39, 0.29) is 0 Å². The molecule has 4 rings (SSSR count). The minimum atomic E-state index is 0.341. The van der Waals surface area contributed by atoms with Crippen LogP contribution in [0.3, 0.4) is 0 Å². The van der Waals surface area contributed by atoms with Gasteiger partial charge in [-0.1, -0.05) is 44.4 Å². The van der Waals surface area contributed by atoms with Crippen LogP contribution in [0.4, 0.5) is 0 Å². The Balaban J connectivity index is 1.68. The van der Waals surface area contributed by atoms with Gasteiger partial charge in [0.1, 0.15) is 5.75 Å². The van der Waals surface area contributed by atoms with Crippen LogP contribution < -0.4 is 0 Å². The SMILES string of the molecule is CCC(=CCN1CC[C@]23CCCC[C@H]2[C@@H]1Cc1ccc(O)cc13)CC. The van der Waals surface area contributed by atoms with Crippen molar-refractivity contribution >= 4 is 0 Å². The van der Waals surface area contributed by atoms with Crippen molar-refractivity contribution in [1.82, 2.24) is 4.90 Å². The third kappa shape index (κ3) is 2.83. The van der Waals surface area contributed by atoms with Crippen LogP contribution in [0, 0.1) is 5.92 Å². The Morgan fingerprint density at radius 1 is 1.24 bits per heavy atom. The van der Waals surface area contributed by atoms with Gasteiger partial charge >= 0.3 is 0 Å². The number of fused-ring (bicyclic) bond motifs is 1. The normalized spacial score (nSPS) is 31.1. The van der Waals surface area contributed by atoms with Crippen LogP contribution in [-0.2, 0) is 11.8 Å². The maximum Gasteiger partial charge on any atom is 0.115 e. The van der Waals surface area contributed by atoms with E-state index in [1.54, 1.807) is 5.57 Å². The molecular formula is C23H33NO. The highest BCUT2D eigenvalue weighted by Gasteiger charge is 2.53. The molecule has 2 bridgehead atoms. The number of piperidine rings is 1. The van der Waals surface area contributed by atoms with Crippen LogP contribution in [0.1, 0.15) is 69.9 Å². The van der Waals surface area contributed by atoms with Crippen molar-refractivity contribution in [2.45, 2.75) is 76.7 Å². The second kappa shape index (κ2) is 6.79. The predicted molar refractivity (Wildman–Crippen MR) is 104 cm³/mol. The molecule has 1 N–H and O–H groups in total. The van der Waals surface area contributed by atoms with Gasteiger partial charge in [0.05, 0.1) is 0 Å². The molecule has 136 valence electrons. The third-order valence-electron chi connectivity index (χ3n) is 7.46. The molecule has 25 heavy (non-hydrogen) atoms. The van der Waals surface area contributed by atoms with E-state index in [0.29, 0.717) is 17.2 Å². The molecule has 0 radical (unpaired) electrons. The molecule has 3 aliphatic rings. The molecule has 2 fully saturated rings. The van der Waals surface area contributed by atoms with Gasteiger partial charge < -0.3 is 5.11 Å². The minimum Gasteiger partial charge on any atom is -0.508 e. The van der Waals surface area contributed by atoms with E-state index in [4.69, 9.17) is 0 Å². The zero-order valence-electron chi connectivity index (χ0n) is 15.9. The largest absolute Gasteiger partial charge is 0.508 e. The first kappa shape index (κ1) is 17.1. The molecule has 2 heteroatoms. The lowest BCUT2D eigenvalue weighted by Gasteiger charge is -2.59. The number of hydrogen-bond donors (Lipinski definition) is 1. The Morgan fingerprint density at radius 2 is 2.08 bits per heavy atom. The molecule has 2 aliphatic carbocycles. The van der Waals surface area contributed by atoms with E-state index >= 15 is 0 Å². The Kier molecular flexibility index (Phi) is 4.66. The van der Waals surface area contributed by atoms with E-state index in [9.17, 15) is 5.11 Å². The third-order valence-corrected chi connectivity index (χ3v) is 7.46. The monoisotopic (exact) mass is 339 g/mol. The number of aromatic hydroxyl groups is 1. The second-order valence-corrected chi connectivity index (χ2v) is 8.44.